The van der Waals surface area contributed by atoms with Gasteiger partial charge in [0.2, 0.25) is 5.91 Å². The van der Waals surface area contributed by atoms with Gasteiger partial charge >= 0.3 is 0 Å². The Balaban J connectivity index is 1.77. The number of hydrogen-bond acceptors (Lipinski definition) is 4. The van der Waals surface area contributed by atoms with Crippen LogP contribution in [0.4, 0.5) is 0 Å². The third-order valence-electron chi connectivity index (χ3n) is 4.16. The third-order valence-corrected chi connectivity index (χ3v) is 4.16. The van der Waals surface area contributed by atoms with Crippen LogP contribution in [0.25, 0.3) is 0 Å². The average Bonchev–Trinajstić information content (AvgIpc) is 2.62. The van der Waals surface area contributed by atoms with E-state index in [1.54, 1.807) is 12.0 Å². The minimum atomic E-state index is 0.0639. The molecule has 0 aliphatic carbocycles. The standard InChI is InChI=1S/C21H28N2O3/c1-17-8-7-10-19(14-17)26-13-12-22(2)16-21(24)23(3)15-18-9-5-6-11-20(18)25-4/h5-11,14H,12-13,15-16H2,1-4H3. The fourth-order valence-electron chi connectivity index (χ4n) is 2.63. The highest BCUT2D eigenvalue weighted by molar-refractivity contribution is 5.78. The third kappa shape index (κ3) is 6.08. The zero-order valence-electron chi connectivity index (χ0n) is 16.1. The van der Waals surface area contributed by atoms with Crippen molar-refractivity contribution in [2.75, 3.05) is 40.9 Å². The maximum absolute atomic E-state index is 12.4. The number of nitrogens with zero attached hydrogens (tertiary/aromatic N) is 2. The van der Waals surface area contributed by atoms with E-state index in [4.69, 9.17) is 9.47 Å². The van der Waals surface area contributed by atoms with Crippen LogP contribution in [0, 0.1) is 6.92 Å². The van der Waals surface area contributed by atoms with Crippen molar-refractivity contribution in [3.05, 3.63) is 59.7 Å². The predicted molar refractivity (Wildman–Crippen MR) is 104 cm³/mol. The van der Waals surface area contributed by atoms with Gasteiger partial charge in [-0.25, -0.2) is 0 Å². The summed E-state index contributed by atoms with van der Waals surface area (Å²) in [6.07, 6.45) is 0. The average molecular weight is 356 g/mol. The summed E-state index contributed by atoms with van der Waals surface area (Å²) in [5.74, 6) is 1.72. The van der Waals surface area contributed by atoms with E-state index in [2.05, 4.69) is 0 Å². The van der Waals surface area contributed by atoms with Crippen LogP contribution in [0.5, 0.6) is 11.5 Å². The number of benzene rings is 2. The molecule has 0 saturated carbocycles. The van der Waals surface area contributed by atoms with Crippen LogP contribution in [-0.2, 0) is 11.3 Å². The van der Waals surface area contributed by atoms with Gasteiger partial charge in [0.25, 0.3) is 0 Å². The van der Waals surface area contributed by atoms with Crippen molar-refractivity contribution in [2.24, 2.45) is 0 Å². The zero-order chi connectivity index (χ0) is 18.9. The summed E-state index contributed by atoms with van der Waals surface area (Å²) in [5, 5.41) is 0. The van der Waals surface area contributed by atoms with Gasteiger partial charge in [-0.2, -0.15) is 0 Å². The predicted octanol–water partition coefficient (Wildman–Crippen LogP) is 2.97. The summed E-state index contributed by atoms with van der Waals surface area (Å²) in [4.78, 5) is 16.1. The van der Waals surface area contributed by atoms with E-state index in [-0.39, 0.29) is 5.91 Å². The SMILES string of the molecule is COc1ccccc1CN(C)C(=O)CN(C)CCOc1cccc(C)c1. The fraction of sp³-hybridized carbons (Fsp3) is 0.381. The number of likely N-dealkylation sites (N-methyl/N-ethyl adjacent to an activating group) is 2. The fourth-order valence-corrected chi connectivity index (χ4v) is 2.63. The molecule has 26 heavy (non-hydrogen) atoms. The second-order valence-corrected chi connectivity index (χ2v) is 6.46. The Kier molecular flexibility index (Phi) is 7.48. The first kappa shape index (κ1) is 19.8. The first-order valence-corrected chi connectivity index (χ1v) is 8.73. The number of aryl methyl sites for hydroxylation is 1. The van der Waals surface area contributed by atoms with Gasteiger partial charge in [0, 0.05) is 25.7 Å². The monoisotopic (exact) mass is 356 g/mol. The molecule has 0 radical (unpaired) electrons. The first-order chi connectivity index (χ1) is 12.5. The van der Waals surface area contributed by atoms with Crippen molar-refractivity contribution >= 4 is 5.91 Å². The van der Waals surface area contributed by atoms with Crippen molar-refractivity contribution in [1.29, 1.82) is 0 Å². The van der Waals surface area contributed by atoms with Crippen LogP contribution in [-0.4, -0.2) is 56.6 Å². The molecule has 0 aliphatic heterocycles. The first-order valence-electron chi connectivity index (χ1n) is 8.73. The van der Waals surface area contributed by atoms with Crippen molar-refractivity contribution in [3.8, 4) is 11.5 Å². The number of para-hydroxylation sites is 1. The minimum absolute atomic E-state index is 0.0639. The van der Waals surface area contributed by atoms with E-state index >= 15 is 0 Å². The molecule has 0 heterocycles. The molecule has 0 bridgehead atoms. The van der Waals surface area contributed by atoms with Crippen LogP contribution >= 0.6 is 0 Å². The molecule has 2 rings (SSSR count). The molecule has 0 atom stereocenters. The molecule has 5 nitrogen and oxygen atoms in total. The largest absolute Gasteiger partial charge is 0.496 e. The van der Waals surface area contributed by atoms with Crippen LogP contribution in [0.2, 0.25) is 0 Å². The van der Waals surface area contributed by atoms with Gasteiger partial charge in [0.1, 0.15) is 18.1 Å². The lowest BCUT2D eigenvalue weighted by Crippen LogP contribution is -2.37. The lowest BCUT2D eigenvalue weighted by molar-refractivity contribution is -0.131. The van der Waals surface area contributed by atoms with Gasteiger partial charge < -0.3 is 14.4 Å². The van der Waals surface area contributed by atoms with Gasteiger partial charge in [-0.1, -0.05) is 30.3 Å². The van der Waals surface area contributed by atoms with Gasteiger partial charge in [0.15, 0.2) is 0 Å². The van der Waals surface area contributed by atoms with Gasteiger partial charge in [-0.15, -0.1) is 0 Å². The van der Waals surface area contributed by atoms with Gasteiger partial charge in [-0.05, 0) is 37.7 Å². The molecular weight excluding hydrogens is 328 g/mol. The summed E-state index contributed by atoms with van der Waals surface area (Å²) in [5.41, 5.74) is 2.17. The number of methoxy groups -OCH3 is 1. The van der Waals surface area contributed by atoms with Crippen molar-refractivity contribution in [3.63, 3.8) is 0 Å². The molecule has 0 spiro atoms. The number of ether oxygens (including phenoxy) is 2. The molecule has 5 heteroatoms. The Morgan fingerprint density at radius 3 is 2.58 bits per heavy atom. The van der Waals surface area contributed by atoms with E-state index in [1.165, 1.54) is 5.56 Å². The molecule has 0 fully saturated rings. The highest BCUT2D eigenvalue weighted by Crippen LogP contribution is 2.18. The maximum atomic E-state index is 12.4. The number of carbonyl (C=O) groups excluding carboxylic acids is 1. The lowest BCUT2D eigenvalue weighted by atomic mass is 10.2. The summed E-state index contributed by atoms with van der Waals surface area (Å²) >= 11 is 0. The molecule has 0 unspecified atom stereocenters. The molecular formula is C21H28N2O3. The van der Waals surface area contributed by atoms with E-state index in [1.807, 2.05) is 74.4 Å². The highest BCUT2D eigenvalue weighted by Gasteiger charge is 2.14. The Morgan fingerprint density at radius 1 is 1.08 bits per heavy atom. The molecule has 140 valence electrons. The topological polar surface area (TPSA) is 42.0 Å². The summed E-state index contributed by atoms with van der Waals surface area (Å²) < 4.78 is 11.1. The Morgan fingerprint density at radius 2 is 1.85 bits per heavy atom. The summed E-state index contributed by atoms with van der Waals surface area (Å²) in [6, 6.07) is 15.7. The molecule has 1 amide bonds. The van der Waals surface area contributed by atoms with E-state index in [0.717, 1.165) is 17.1 Å². The molecule has 2 aromatic rings. The Hall–Kier alpha value is -2.53. The van der Waals surface area contributed by atoms with Crippen molar-refractivity contribution < 1.29 is 14.3 Å². The quantitative estimate of drug-likeness (QED) is 0.693. The van der Waals surface area contributed by atoms with Crippen molar-refractivity contribution in [1.82, 2.24) is 9.80 Å². The van der Waals surface area contributed by atoms with Crippen molar-refractivity contribution in [2.45, 2.75) is 13.5 Å². The van der Waals surface area contributed by atoms with Crippen LogP contribution < -0.4 is 9.47 Å². The van der Waals surface area contributed by atoms with Crippen LogP contribution in [0.15, 0.2) is 48.5 Å². The normalized spacial score (nSPS) is 10.7. The summed E-state index contributed by atoms with van der Waals surface area (Å²) in [6.45, 7) is 4.14. The molecule has 2 aromatic carbocycles. The Labute approximate surface area is 156 Å². The number of amides is 1. The van der Waals surface area contributed by atoms with Crippen LogP contribution in [0.1, 0.15) is 11.1 Å². The molecule has 0 N–H and O–H groups in total. The van der Waals surface area contributed by atoms with E-state index in [0.29, 0.717) is 26.2 Å². The van der Waals surface area contributed by atoms with E-state index < -0.39 is 0 Å². The number of carbonyl (C=O) groups is 1. The van der Waals surface area contributed by atoms with Gasteiger partial charge in [0.05, 0.1) is 13.7 Å². The molecule has 0 saturated heterocycles. The van der Waals surface area contributed by atoms with E-state index in [9.17, 15) is 4.79 Å². The number of rotatable bonds is 9. The Bertz CT molecular complexity index is 718. The second kappa shape index (κ2) is 9.82. The molecule has 0 aliphatic rings. The smallest absolute Gasteiger partial charge is 0.236 e. The second-order valence-electron chi connectivity index (χ2n) is 6.46. The zero-order valence-corrected chi connectivity index (χ0v) is 16.1. The summed E-state index contributed by atoms with van der Waals surface area (Å²) in [7, 11) is 5.38. The highest BCUT2D eigenvalue weighted by atomic mass is 16.5. The maximum Gasteiger partial charge on any atom is 0.236 e. The lowest BCUT2D eigenvalue weighted by Gasteiger charge is -2.22. The number of hydrogen-bond donors (Lipinski definition) is 0. The van der Waals surface area contributed by atoms with Crippen LogP contribution in [0.3, 0.4) is 0 Å². The minimum Gasteiger partial charge on any atom is -0.496 e. The van der Waals surface area contributed by atoms with Gasteiger partial charge in [-0.3, -0.25) is 9.69 Å². The molecule has 0 aromatic heterocycles.